The molecule has 18 heteroatoms. The van der Waals surface area contributed by atoms with Crippen molar-refractivity contribution in [2.75, 3.05) is 20.1 Å². The van der Waals surface area contributed by atoms with Gasteiger partial charge >= 0.3 is 42.1 Å². The molecule has 1 amide bonds. The molecule has 29 heavy (non-hydrogen) atoms. The molecule has 0 fully saturated rings. The van der Waals surface area contributed by atoms with Gasteiger partial charge in [0.15, 0.2) is 0 Å². The minimum atomic E-state index is -6.90. The molecule has 0 aromatic heterocycles. The lowest BCUT2D eigenvalue weighted by Crippen LogP contribution is -2.66. The Morgan fingerprint density at radius 1 is 0.724 bits per heavy atom. The third kappa shape index (κ3) is 5.88. The lowest BCUT2D eigenvalue weighted by Gasteiger charge is -2.36. The number of alkyl carbamates (subject to hydrolysis) is 1. The summed E-state index contributed by atoms with van der Waals surface area (Å²) >= 11 is 0. The maximum atomic E-state index is 13.3. The molecule has 4 nitrogen and oxygen atoms in total. The van der Waals surface area contributed by atoms with Crippen molar-refractivity contribution in [2.24, 2.45) is 0 Å². The van der Waals surface area contributed by atoms with Crippen LogP contribution in [0, 0.1) is 0 Å². The fraction of sp³-hybridized carbons (Fsp3) is 0.909. The van der Waals surface area contributed by atoms with Crippen LogP contribution in [-0.4, -0.2) is 68.4 Å². The summed E-state index contributed by atoms with van der Waals surface area (Å²) in [5.41, 5.74) is 0. The van der Waals surface area contributed by atoms with E-state index < -0.39 is 61.3 Å². The first-order chi connectivity index (χ1) is 12.5. The molecule has 0 aliphatic heterocycles. The summed E-state index contributed by atoms with van der Waals surface area (Å²) in [6, 6.07) is 0. The third-order valence-corrected chi connectivity index (χ3v) is 2.99. The molecule has 0 aliphatic rings. The SMILES string of the molecule is CNCC(F)(F)C(F)(F)C(F)(F)C(F)(F)CNC(=O)OC(C(F)(F)F)C(F)(F)F. The van der Waals surface area contributed by atoms with Gasteiger partial charge in [-0.1, -0.05) is 0 Å². The minimum Gasteiger partial charge on any atom is -0.427 e. The topological polar surface area (TPSA) is 50.4 Å². The number of ether oxygens (including phenoxy) is 1. The molecule has 174 valence electrons. The number of hydrogen-bond acceptors (Lipinski definition) is 3. The van der Waals surface area contributed by atoms with Gasteiger partial charge in [0, 0.05) is 0 Å². The number of alkyl halides is 14. The fourth-order valence-corrected chi connectivity index (χ4v) is 1.55. The summed E-state index contributed by atoms with van der Waals surface area (Å²) < 4.78 is 181. The van der Waals surface area contributed by atoms with Crippen LogP contribution in [0.4, 0.5) is 66.3 Å². The second-order valence-corrected chi connectivity index (χ2v) is 5.31. The number of nitrogens with one attached hydrogen (secondary N) is 2. The summed E-state index contributed by atoms with van der Waals surface area (Å²) in [6.45, 7) is -5.27. The monoisotopic (exact) mass is 468 g/mol. The van der Waals surface area contributed by atoms with Crippen LogP contribution in [0.2, 0.25) is 0 Å². The molecule has 0 aliphatic carbocycles. The Bertz CT molecular complexity index is 557. The van der Waals surface area contributed by atoms with Crippen LogP contribution >= 0.6 is 0 Å². The summed E-state index contributed by atoms with van der Waals surface area (Å²) in [5, 5.41) is 1.60. The molecule has 0 atom stereocenters. The van der Waals surface area contributed by atoms with Gasteiger partial charge in [-0.15, -0.1) is 0 Å². The second kappa shape index (κ2) is 8.17. The van der Waals surface area contributed by atoms with E-state index >= 15 is 0 Å². The molecule has 0 unspecified atom stereocenters. The van der Waals surface area contributed by atoms with E-state index in [4.69, 9.17) is 0 Å². The van der Waals surface area contributed by atoms with Crippen LogP contribution in [-0.2, 0) is 4.74 Å². The number of halogens is 14. The van der Waals surface area contributed by atoms with E-state index in [1.807, 2.05) is 0 Å². The highest BCUT2D eigenvalue weighted by atomic mass is 19.4. The zero-order chi connectivity index (χ0) is 23.7. The van der Waals surface area contributed by atoms with Gasteiger partial charge in [-0.2, -0.15) is 61.5 Å². The van der Waals surface area contributed by atoms with E-state index in [2.05, 4.69) is 4.74 Å². The second-order valence-electron chi connectivity index (χ2n) is 5.31. The Morgan fingerprint density at radius 3 is 1.38 bits per heavy atom. The van der Waals surface area contributed by atoms with Crippen molar-refractivity contribution in [1.29, 1.82) is 0 Å². The molecule has 2 N–H and O–H groups in total. The molecule has 0 spiro atoms. The first kappa shape index (κ1) is 27.2. The third-order valence-electron chi connectivity index (χ3n) is 2.99. The number of carbonyl (C=O) groups is 1. The summed E-state index contributed by atoms with van der Waals surface area (Å²) in [4.78, 5) is 10.8. The van der Waals surface area contributed by atoms with Crippen molar-refractivity contribution >= 4 is 6.09 Å². The van der Waals surface area contributed by atoms with Crippen molar-refractivity contribution in [2.45, 2.75) is 42.1 Å². The van der Waals surface area contributed by atoms with Crippen LogP contribution in [0.5, 0.6) is 0 Å². The molecule has 0 aromatic rings. The van der Waals surface area contributed by atoms with E-state index in [1.54, 1.807) is 0 Å². The van der Waals surface area contributed by atoms with Gasteiger partial charge in [0.25, 0.3) is 6.10 Å². The first-order valence-corrected chi connectivity index (χ1v) is 6.78. The molecule has 0 saturated heterocycles. The van der Waals surface area contributed by atoms with Crippen molar-refractivity contribution in [3.8, 4) is 0 Å². The zero-order valence-corrected chi connectivity index (χ0v) is 13.6. The average Bonchev–Trinajstić information content (AvgIpc) is 2.47. The van der Waals surface area contributed by atoms with Gasteiger partial charge in [0.05, 0.1) is 13.1 Å². The predicted octanol–water partition coefficient (Wildman–Crippen LogP) is 3.97. The van der Waals surface area contributed by atoms with Gasteiger partial charge in [0.2, 0.25) is 0 Å². The summed E-state index contributed by atoms with van der Waals surface area (Å²) in [7, 11) is 0.579. The molecular weight excluding hydrogens is 458 g/mol. The summed E-state index contributed by atoms with van der Waals surface area (Å²) in [6.07, 6.45) is -20.5. The molecule has 0 bridgehead atoms. The normalized spacial score (nSPS) is 14.9. The maximum Gasteiger partial charge on any atom is 0.434 e. The van der Waals surface area contributed by atoms with Crippen molar-refractivity contribution in [1.82, 2.24) is 10.6 Å². The maximum absolute atomic E-state index is 13.3. The van der Waals surface area contributed by atoms with Gasteiger partial charge < -0.3 is 15.4 Å². The van der Waals surface area contributed by atoms with Crippen LogP contribution in [0.3, 0.4) is 0 Å². The molecule has 0 aromatic carbocycles. The minimum absolute atomic E-state index is 0.274. The number of carbonyl (C=O) groups excluding carboxylic acids is 1. The largest absolute Gasteiger partial charge is 0.434 e. The van der Waals surface area contributed by atoms with Gasteiger partial charge in [-0.3, -0.25) is 0 Å². The Kier molecular flexibility index (Phi) is 7.68. The Labute approximate surface area is 151 Å². The lowest BCUT2D eigenvalue weighted by molar-refractivity contribution is -0.362. The number of hydrogen-bond donors (Lipinski definition) is 2. The highest BCUT2D eigenvalue weighted by molar-refractivity contribution is 5.67. The standard InChI is InChI=1S/C11H10F14N2O2/c1-26-2-6(12,13)10(22,23)11(24,25)7(14,15)3-27-5(28)29-4(8(16,17)18)9(19,20)21/h4,26H,2-3H2,1H3,(H,27,28). The van der Waals surface area contributed by atoms with Crippen molar-refractivity contribution < 1.29 is 71.0 Å². The van der Waals surface area contributed by atoms with E-state index in [9.17, 15) is 66.3 Å². The van der Waals surface area contributed by atoms with Crippen LogP contribution < -0.4 is 10.6 Å². The van der Waals surface area contributed by atoms with Crippen LogP contribution in [0.15, 0.2) is 0 Å². The Hall–Kier alpha value is -1.75. The van der Waals surface area contributed by atoms with E-state index in [0.29, 0.717) is 7.05 Å². The Balaban J connectivity index is 5.43. The van der Waals surface area contributed by atoms with Crippen molar-refractivity contribution in [3.05, 3.63) is 0 Å². The van der Waals surface area contributed by atoms with Gasteiger partial charge in [-0.25, -0.2) is 4.79 Å². The number of rotatable bonds is 8. The molecule has 0 rings (SSSR count). The Morgan fingerprint density at radius 2 is 1.07 bits per heavy atom. The van der Waals surface area contributed by atoms with E-state index in [-0.39, 0.29) is 5.32 Å². The van der Waals surface area contributed by atoms with E-state index in [1.165, 1.54) is 5.32 Å². The van der Waals surface area contributed by atoms with Gasteiger partial charge in [0.1, 0.15) is 0 Å². The fourth-order valence-electron chi connectivity index (χ4n) is 1.55. The molecule has 0 radical (unpaired) electrons. The van der Waals surface area contributed by atoms with Crippen LogP contribution in [0.25, 0.3) is 0 Å². The quantitative estimate of drug-likeness (QED) is 0.531. The van der Waals surface area contributed by atoms with E-state index in [0.717, 1.165) is 0 Å². The highest BCUT2D eigenvalue weighted by Gasteiger charge is 2.80. The highest BCUT2D eigenvalue weighted by Crippen LogP contribution is 2.52. The smallest absolute Gasteiger partial charge is 0.427 e. The average molecular weight is 468 g/mol. The lowest BCUT2D eigenvalue weighted by atomic mass is 9.98. The number of amides is 1. The molecule has 0 heterocycles. The predicted molar refractivity (Wildman–Crippen MR) is 64.1 cm³/mol. The summed E-state index contributed by atoms with van der Waals surface area (Å²) in [5.74, 6) is -25.7. The zero-order valence-electron chi connectivity index (χ0n) is 13.6. The molecular formula is C11H10F14N2O2. The molecule has 0 saturated carbocycles. The van der Waals surface area contributed by atoms with Crippen molar-refractivity contribution in [3.63, 3.8) is 0 Å². The van der Waals surface area contributed by atoms with Gasteiger partial charge in [-0.05, 0) is 7.05 Å². The van der Waals surface area contributed by atoms with Crippen LogP contribution in [0.1, 0.15) is 0 Å². The first-order valence-electron chi connectivity index (χ1n) is 6.78.